The minimum absolute atomic E-state index is 0.0336. The monoisotopic (exact) mass is 206 g/mol. The molecule has 0 radical (unpaired) electrons. The Morgan fingerprint density at radius 3 is 2.33 bits per heavy atom. The molecule has 1 unspecified atom stereocenters. The molecule has 0 N–H and O–H groups in total. The lowest BCUT2D eigenvalue weighted by Gasteiger charge is -2.14. The largest absolute Gasteiger partial charge is 0.461 e. The highest BCUT2D eigenvalue weighted by Crippen LogP contribution is 2.12. The molecule has 1 aromatic rings. The molecule has 0 aliphatic heterocycles. The third-order valence-corrected chi connectivity index (χ3v) is 2.60. The van der Waals surface area contributed by atoms with Gasteiger partial charge in [-0.25, -0.2) is 0 Å². The van der Waals surface area contributed by atoms with Gasteiger partial charge < -0.3 is 4.74 Å². The van der Waals surface area contributed by atoms with Gasteiger partial charge in [0, 0.05) is 0 Å². The highest BCUT2D eigenvalue weighted by molar-refractivity contribution is 5.72. The lowest BCUT2D eigenvalue weighted by Crippen LogP contribution is -2.19. The molecule has 1 aromatic carbocycles. The predicted molar refractivity (Wildman–Crippen MR) is 60.2 cm³/mol. The maximum Gasteiger partial charge on any atom is 0.309 e. The van der Waals surface area contributed by atoms with Crippen LogP contribution >= 0.6 is 0 Å². The van der Waals surface area contributed by atoms with Crippen LogP contribution in [0.3, 0.4) is 0 Å². The van der Waals surface area contributed by atoms with Gasteiger partial charge in [0.05, 0.1) is 5.92 Å². The number of rotatable bonds is 4. The Labute approximate surface area is 91.3 Å². The summed E-state index contributed by atoms with van der Waals surface area (Å²) < 4.78 is 5.21. The molecule has 2 heteroatoms. The maximum absolute atomic E-state index is 11.5. The first-order chi connectivity index (χ1) is 7.11. The Kier molecular flexibility index (Phi) is 4.35. The van der Waals surface area contributed by atoms with Crippen molar-refractivity contribution in [3.8, 4) is 0 Å². The fourth-order valence-electron chi connectivity index (χ4n) is 1.13. The molecule has 0 fully saturated rings. The molecule has 0 saturated heterocycles. The average molecular weight is 206 g/mol. The van der Waals surface area contributed by atoms with Crippen LogP contribution in [-0.2, 0) is 16.1 Å². The van der Waals surface area contributed by atoms with Crippen LogP contribution in [0.1, 0.15) is 26.3 Å². The van der Waals surface area contributed by atoms with Gasteiger partial charge in [0.1, 0.15) is 6.61 Å². The molecule has 0 aliphatic rings. The predicted octanol–water partition coefficient (Wildman–Crippen LogP) is 3.02. The third kappa shape index (κ3) is 3.74. The molecule has 1 rings (SSSR count). The van der Waals surface area contributed by atoms with E-state index in [0.29, 0.717) is 12.5 Å². The van der Waals surface area contributed by atoms with Gasteiger partial charge in [0.2, 0.25) is 0 Å². The molecule has 2 nitrogen and oxygen atoms in total. The van der Waals surface area contributed by atoms with Gasteiger partial charge in [-0.05, 0) is 11.5 Å². The van der Waals surface area contributed by atoms with Gasteiger partial charge in [-0.3, -0.25) is 4.79 Å². The summed E-state index contributed by atoms with van der Waals surface area (Å²) in [6.07, 6.45) is 0. The smallest absolute Gasteiger partial charge is 0.309 e. The summed E-state index contributed by atoms with van der Waals surface area (Å²) >= 11 is 0. The Bertz CT molecular complexity index is 304. The first kappa shape index (κ1) is 11.8. The number of esters is 1. The molecule has 15 heavy (non-hydrogen) atoms. The van der Waals surface area contributed by atoms with Crippen LogP contribution in [0.25, 0.3) is 0 Å². The molecule has 0 amide bonds. The lowest BCUT2D eigenvalue weighted by atomic mass is 9.99. The number of carbonyl (C=O) groups is 1. The zero-order valence-corrected chi connectivity index (χ0v) is 9.57. The minimum Gasteiger partial charge on any atom is -0.461 e. The fourth-order valence-corrected chi connectivity index (χ4v) is 1.13. The second kappa shape index (κ2) is 5.54. The quantitative estimate of drug-likeness (QED) is 0.708. The van der Waals surface area contributed by atoms with Crippen molar-refractivity contribution in [2.24, 2.45) is 11.8 Å². The van der Waals surface area contributed by atoms with Crippen LogP contribution in [0.2, 0.25) is 0 Å². The van der Waals surface area contributed by atoms with Gasteiger partial charge in [-0.2, -0.15) is 0 Å². The lowest BCUT2D eigenvalue weighted by molar-refractivity contribution is -0.150. The van der Waals surface area contributed by atoms with E-state index in [1.54, 1.807) is 0 Å². The topological polar surface area (TPSA) is 26.3 Å². The third-order valence-electron chi connectivity index (χ3n) is 2.60. The average Bonchev–Trinajstić information content (AvgIpc) is 2.26. The summed E-state index contributed by atoms with van der Waals surface area (Å²) in [6, 6.07) is 9.73. The summed E-state index contributed by atoms with van der Waals surface area (Å²) in [5, 5.41) is 0. The van der Waals surface area contributed by atoms with Gasteiger partial charge in [-0.1, -0.05) is 51.1 Å². The van der Waals surface area contributed by atoms with Crippen LogP contribution in [0.15, 0.2) is 30.3 Å². The number of benzene rings is 1. The van der Waals surface area contributed by atoms with E-state index in [-0.39, 0.29) is 11.9 Å². The molecule has 0 bridgehead atoms. The molecular weight excluding hydrogens is 188 g/mol. The second-order valence-corrected chi connectivity index (χ2v) is 4.13. The van der Waals surface area contributed by atoms with E-state index in [2.05, 4.69) is 0 Å². The van der Waals surface area contributed by atoms with Crippen LogP contribution in [0.5, 0.6) is 0 Å². The van der Waals surface area contributed by atoms with Gasteiger partial charge in [0.25, 0.3) is 0 Å². The van der Waals surface area contributed by atoms with Crippen LogP contribution in [0, 0.1) is 11.8 Å². The summed E-state index contributed by atoms with van der Waals surface area (Å²) in [6.45, 7) is 6.32. The van der Waals surface area contributed by atoms with Crippen molar-refractivity contribution in [1.29, 1.82) is 0 Å². The molecule has 0 heterocycles. The van der Waals surface area contributed by atoms with E-state index < -0.39 is 0 Å². The molecular formula is C13H18O2. The molecule has 0 aliphatic carbocycles. The van der Waals surface area contributed by atoms with E-state index >= 15 is 0 Å². The van der Waals surface area contributed by atoms with E-state index in [1.807, 2.05) is 51.1 Å². The van der Waals surface area contributed by atoms with Crippen LogP contribution < -0.4 is 0 Å². The number of carbonyl (C=O) groups excluding carboxylic acids is 1. The molecule has 0 aromatic heterocycles. The summed E-state index contributed by atoms with van der Waals surface area (Å²) in [5.41, 5.74) is 1.03. The summed E-state index contributed by atoms with van der Waals surface area (Å²) in [5.74, 6) is 0.177. The Morgan fingerprint density at radius 1 is 1.20 bits per heavy atom. The maximum atomic E-state index is 11.5. The van der Waals surface area contributed by atoms with E-state index in [1.165, 1.54) is 0 Å². The van der Waals surface area contributed by atoms with Crippen molar-refractivity contribution in [1.82, 2.24) is 0 Å². The Morgan fingerprint density at radius 2 is 1.80 bits per heavy atom. The standard InChI is InChI=1S/C13H18O2/c1-10(2)11(3)13(14)15-9-12-7-5-4-6-8-12/h4-8,10-11H,9H2,1-3H3. The van der Waals surface area contributed by atoms with Crippen LogP contribution in [0.4, 0.5) is 0 Å². The minimum atomic E-state index is -0.117. The second-order valence-electron chi connectivity index (χ2n) is 4.13. The molecule has 0 spiro atoms. The van der Waals surface area contributed by atoms with Crippen molar-refractivity contribution in [3.63, 3.8) is 0 Å². The van der Waals surface area contributed by atoms with Crippen LogP contribution in [-0.4, -0.2) is 5.97 Å². The van der Waals surface area contributed by atoms with E-state index in [9.17, 15) is 4.79 Å². The van der Waals surface area contributed by atoms with E-state index in [4.69, 9.17) is 4.74 Å². The van der Waals surface area contributed by atoms with Crippen molar-refractivity contribution >= 4 is 5.97 Å². The first-order valence-electron chi connectivity index (χ1n) is 5.32. The Hall–Kier alpha value is -1.31. The van der Waals surface area contributed by atoms with Crippen molar-refractivity contribution < 1.29 is 9.53 Å². The molecule has 1 atom stereocenters. The van der Waals surface area contributed by atoms with E-state index in [0.717, 1.165) is 5.56 Å². The summed E-state index contributed by atoms with van der Waals surface area (Å²) in [4.78, 5) is 11.5. The highest BCUT2D eigenvalue weighted by Gasteiger charge is 2.17. The van der Waals surface area contributed by atoms with Crippen molar-refractivity contribution in [3.05, 3.63) is 35.9 Å². The first-order valence-corrected chi connectivity index (χ1v) is 5.32. The number of ether oxygens (including phenoxy) is 1. The highest BCUT2D eigenvalue weighted by atomic mass is 16.5. The molecule has 82 valence electrons. The molecule has 0 saturated carbocycles. The SMILES string of the molecule is CC(C)C(C)C(=O)OCc1ccccc1. The van der Waals surface area contributed by atoms with Gasteiger partial charge in [-0.15, -0.1) is 0 Å². The normalized spacial score (nSPS) is 12.5. The zero-order valence-electron chi connectivity index (χ0n) is 9.57. The van der Waals surface area contributed by atoms with Gasteiger partial charge in [0.15, 0.2) is 0 Å². The van der Waals surface area contributed by atoms with Gasteiger partial charge >= 0.3 is 5.97 Å². The Balaban J connectivity index is 2.41. The summed E-state index contributed by atoms with van der Waals surface area (Å²) in [7, 11) is 0. The number of hydrogen-bond donors (Lipinski definition) is 0. The van der Waals surface area contributed by atoms with Crippen molar-refractivity contribution in [2.45, 2.75) is 27.4 Å². The fraction of sp³-hybridized carbons (Fsp3) is 0.462. The number of hydrogen-bond acceptors (Lipinski definition) is 2. The van der Waals surface area contributed by atoms with Crippen molar-refractivity contribution in [2.75, 3.05) is 0 Å². The zero-order chi connectivity index (χ0) is 11.3.